The predicted octanol–water partition coefficient (Wildman–Crippen LogP) is 0.881. The number of likely N-dealkylation sites (N-methyl/N-ethyl adjacent to an activating group) is 1. The molecule has 2 aromatic heterocycles. The molecule has 27 heavy (non-hydrogen) atoms. The van der Waals surface area contributed by atoms with E-state index in [2.05, 4.69) is 27.0 Å². The van der Waals surface area contributed by atoms with Gasteiger partial charge in [-0.15, -0.1) is 0 Å². The molecule has 144 valence electrons. The zero-order chi connectivity index (χ0) is 19.9. The molecule has 10 heteroatoms. The van der Waals surface area contributed by atoms with Crippen LogP contribution in [0, 0.1) is 11.3 Å². The van der Waals surface area contributed by atoms with E-state index in [1.54, 1.807) is 7.05 Å². The summed E-state index contributed by atoms with van der Waals surface area (Å²) in [4.78, 5) is 43.3. The van der Waals surface area contributed by atoms with Crippen LogP contribution in [0.5, 0.6) is 0 Å². The van der Waals surface area contributed by atoms with Crippen molar-refractivity contribution < 1.29 is 4.79 Å². The number of carbonyl (C=O) groups excluding carboxylic acids is 1. The van der Waals surface area contributed by atoms with E-state index < -0.39 is 16.8 Å². The van der Waals surface area contributed by atoms with Crippen molar-refractivity contribution in [2.24, 2.45) is 14.1 Å². The summed E-state index contributed by atoms with van der Waals surface area (Å²) >= 11 is 3.28. The van der Waals surface area contributed by atoms with Gasteiger partial charge in [0.2, 0.25) is 5.91 Å². The minimum absolute atomic E-state index is 0.106. The van der Waals surface area contributed by atoms with Crippen LogP contribution in [0.15, 0.2) is 14.3 Å². The Bertz CT molecular complexity index is 1070. The number of carbonyl (C=O) groups is 1. The van der Waals surface area contributed by atoms with Gasteiger partial charge in [0.25, 0.3) is 5.56 Å². The molecule has 9 nitrogen and oxygen atoms in total. The molecule has 0 aliphatic heterocycles. The van der Waals surface area contributed by atoms with Gasteiger partial charge in [-0.25, -0.2) is 9.78 Å². The van der Waals surface area contributed by atoms with Gasteiger partial charge >= 0.3 is 5.69 Å². The molecule has 0 radical (unpaired) electrons. The average Bonchev–Trinajstić information content (AvgIpc) is 3.00. The summed E-state index contributed by atoms with van der Waals surface area (Å²) in [5.41, 5.74) is -1.45. The highest BCUT2D eigenvalue weighted by Crippen LogP contribution is 2.32. The number of halogens is 1. The first kappa shape index (κ1) is 19.4. The highest BCUT2D eigenvalue weighted by molar-refractivity contribution is 9.10. The molecular formula is C17H21BrN6O3. The molecule has 3 rings (SSSR count). The normalized spacial score (nSPS) is 16.3. The molecule has 2 heterocycles. The summed E-state index contributed by atoms with van der Waals surface area (Å²) in [7, 11) is 4.55. The summed E-state index contributed by atoms with van der Waals surface area (Å²) < 4.78 is 4.05. The number of fused-ring (bicyclic) bond motifs is 1. The van der Waals surface area contributed by atoms with Crippen LogP contribution in [-0.2, 0) is 25.4 Å². The van der Waals surface area contributed by atoms with E-state index in [1.165, 1.54) is 28.1 Å². The second-order valence-electron chi connectivity index (χ2n) is 7.00. The lowest BCUT2D eigenvalue weighted by molar-refractivity contribution is -0.135. The van der Waals surface area contributed by atoms with Crippen molar-refractivity contribution in [3.05, 3.63) is 25.6 Å². The van der Waals surface area contributed by atoms with Crippen LogP contribution in [0.25, 0.3) is 11.2 Å². The van der Waals surface area contributed by atoms with Crippen LogP contribution < -0.4 is 11.2 Å². The van der Waals surface area contributed by atoms with Gasteiger partial charge in [-0.2, -0.15) is 5.26 Å². The minimum atomic E-state index is -0.805. The van der Waals surface area contributed by atoms with Gasteiger partial charge in [0.05, 0.1) is 6.07 Å². The predicted molar refractivity (Wildman–Crippen MR) is 102 cm³/mol. The van der Waals surface area contributed by atoms with E-state index in [0.717, 1.165) is 23.8 Å². The van der Waals surface area contributed by atoms with Gasteiger partial charge in [0, 0.05) is 21.1 Å². The highest BCUT2D eigenvalue weighted by atomic mass is 79.9. The first-order valence-electron chi connectivity index (χ1n) is 8.73. The highest BCUT2D eigenvalue weighted by Gasteiger charge is 2.39. The van der Waals surface area contributed by atoms with Crippen molar-refractivity contribution in [1.82, 2.24) is 23.6 Å². The molecule has 0 unspecified atom stereocenters. The second kappa shape index (κ2) is 6.96. The van der Waals surface area contributed by atoms with Crippen molar-refractivity contribution in [3.63, 3.8) is 0 Å². The largest absolute Gasteiger partial charge is 0.332 e. The van der Waals surface area contributed by atoms with Gasteiger partial charge in [-0.3, -0.25) is 23.3 Å². The summed E-state index contributed by atoms with van der Waals surface area (Å²) in [5.74, 6) is -0.272. The molecule has 1 saturated carbocycles. The third-order valence-electron chi connectivity index (χ3n) is 5.49. The Morgan fingerprint density at radius 1 is 1.26 bits per heavy atom. The number of hydrogen-bond acceptors (Lipinski definition) is 5. The molecule has 0 aromatic carbocycles. The number of nitriles is 1. The Kier molecular flexibility index (Phi) is 4.99. The number of amides is 1. The van der Waals surface area contributed by atoms with E-state index in [-0.39, 0.29) is 28.3 Å². The van der Waals surface area contributed by atoms with E-state index in [9.17, 15) is 19.6 Å². The molecule has 2 aromatic rings. The molecule has 0 bridgehead atoms. The van der Waals surface area contributed by atoms with Gasteiger partial charge < -0.3 is 4.90 Å². The summed E-state index contributed by atoms with van der Waals surface area (Å²) in [6, 6.07) is 2.33. The molecule has 0 spiro atoms. The molecule has 1 fully saturated rings. The Morgan fingerprint density at radius 3 is 2.48 bits per heavy atom. The Labute approximate surface area is 163 Å². The summed E-state index contributed by atoms with van der Waals surface area (Å²) in [5, 5.41) is 9.70. The van der Waals surface area contributed by atoms with E-state index in [4.69, 9.17) is 0 Å². The Balaban J connectivity index is 2.03. The molecule has 1 amide bonds. The van der Waals surface area contributed by atoms with Crippen molar-refractivity contribution in [1.29, 1.82) is 5.26 Å². The third kappa shape index (κ3) is 3.00. The van der Waals surface area contributed by atoms with Gasteiger partial charge in [-0.05, 0) is 28.8 Å². The fraction of sp³-hybridized carbons (Fsp3) is 0.588. The lowest BCUT2D eigenvalue weighted by Crippen LogP contribution is -2.50. The quantitative estimate of drug-likeness (QED) is 0.663. The topological polar surface area (TPSA) is 106 Å². The van der Waals surface area contributed by atoms with E-state index in [1.807, 2.05) is 0 Å². The van der Waals surface area contributed by atoms with Gasteiger partial charge in [0.1, 0.15) is 12.1 Å². The summed E-state index contributed by atoms with van der Waals surface area (Å²) in [6.45, 7) is -0.128. The van der Waals surface area contributed by atoms with E-state index >= 15 is 0 Å². The van der Waals surface area contributed by atoms with Crippen LogP contribution in [0.1, 0.15) is 32.1 Å². The molecular weight excluding hydrogens is 416 g/mol. The Morgan fingerprint density at radius 2 is 1.89 bits per heavy atom. The number of nitrogens with zero attached hydrogens (tertiary/aromatic N) is 6. The number of aryl methyl sites for hydroxylation is 1. The Hall–Kier alpha value is -2.41. The van der Waals surface area contributed by atoms with Crippen molar-refractivity contribution >= 4 is 33.0 Å². The zero-order valence-corrected chi connectivity index (χ0v) is 17.1. The molecule has 1 aliphatic carbocycles. The number of imidazole rings is 1. The average molecular weight is 437 g/mol. The SMILES string of the molecule is CN(C(=O)Cn1c(Br)nc2c(=O)n(C)c(=O)n(C)c21)C1(C#N)CCCCC1. The molecule has 0 N–H and O–H groups in total. The fourth-order valence-corrected chi connectivity index (χ4v) is 4.21. The zero-order valence-electron chi connectivity index (χ0n) is 15.5. The monoisotopic (exact) mass is 436 g/mol. The molecule has 0 atom stereocenters. The van der Waals surface area contributed by atoms with Crippen molar-refractivity contribution in [2.75, 3.05) is 7.05 Å². The lowest BCUT2D eigenvalue weighted by atomic mass is 9.81. The standard InChI is InChI=1S/C17H21BrN6O3/c1-21-13-12(14(26)22(2)16(21)27)20-15(18)24(13)9-11(25)23(3)17(10-19)7-5-4-6-8-17/h4-9H2,1-3H3. The number of hydrogen-bond donors (Lipinski definition) is 0. The third-order valence-corrected chi connectivity index (χ3v) is 6.10. The summed E-state index contributed by atoms with van der Waals surface area (Å²) in [6.07, 6.45) is 4.18. The fourth-order valence-electron chi connectivity index (χ4n) is 3.74. The number of aromatic nitrogens is 4. The van der Waals surface area contributed by atoms with Crippen LogP contribution in [0.2, 0.25) is 0 Å². The maximum absolute atomic E-state index is 13.0. The van der Waals surface area contributed by atoms with Crippen LogP contribution in [-0.4, -0.2) is 42.1 Å². The van der Waals surface area contributed by atoms with Gasteiger partial charge in [0.15, 0.2) is 15.9 Å². The number of rotatable bonds is 3. The maximum atomic E-state index is 13.0. The first-order valence-corrected chi connectivity index (χ1v) is 9.52. The van der Waals surface area contributed by atoms with Crippen LogP contribution in [0.4, 0.5) is 0 Å². The molecule has 1 aliphatic rings. The maximum Gasteiger partial charge on any atom is 0.332 e. The second-order valence-corrected chi connectivity index (χ2v) is 7.71. The minimum Gasteiger partial charge on any atom is -0.325 e. The van der Waals surface area contributed by atoms with Crippen molar-refractivity contribution in [2.45, 2.75) is 44.2 Å². The van der Waals surface area contributed by atoms with Crippen molar-refractivity contribution in [3.8, 4) is 6.07 Å². The van der Waals surface area contributed by atoms with Gasteiger partial charge in [-0.1, -0.05) is 19.3 Å². The van der Waals surface area contributed by atoms with Crippen LogP contribution >= 0.6 is 15.9 Å². The smallest absolute Gasteiger partial charge is 0.325 e. The molecule has 0 saturated heterocycles. The lowest BCUT2D eigenvalue weighted by Gasteiger charge is -2.39. The van der Waals surface area contributed by atoms with E-state index in [0.29, 0.717) is 12.8 Å². The first-order chi connectivity index (χ1) is 12.7. The van der Waals surface area contributed by atoms with Crippen LogP contribution in [0.3, 0.4) is 0 Å².